The first-order valence-electron chi connectivity index (χ1n) is 9.24. The molecule has 0 aliphatic carbocycles. The highest BCUT2D eigenvalue weighted by Gasteiger charge is 2.26. The summed E-state index contributed by atoms with van der Waals surface area (Å²) in [4.78, 5) is 22.8. The Morgan fingerprint density at radius 3 is 2.67 bits per heavy atom. The molecule has 3 aromatic rings. The Kier molecular flexibility index (Phi) is 4.37. The highest BCUT2D eigenvalue weighted by Crippen LogP contribution is 2.25. The molecule has 142 valence electrons. The number of rotatable bonds is 3. The lowest BCUT2D eigenvalue weighted by Gasteiger charge is -2.32. The monoisotopic (exact) mass is 368 g/mol. The number of nitrogens with zero attached hydrogens (tertiary/aromatic N) is 8. The lowest BCUT2D eigenvalue weighted by atomic mass is 9.93. The first kappa shape index (κ1) is 17.6. The van der Waals surface area contributed by atoms with Crippen molar-refractivity contribution in [3.8, 4) is 0 Å². The zero-order valence-corrected chi connectivity index (χ0v) is 15.9. The van der Waals surface area contributed by atoms with Crippen molar-refractivity contribution in [2.75, 3.05) is 13.1 Å². The molecule has 9 heteroatoms. The molecule has 0 saturated carbocycles. The summed E-state index contributed by atoms with van der Waals surface area (Å²) in [7, 11) is 0. The molecule has 3 aromatic heterocycles. The van der Waals surface area contributed by atoms with E-state index in [0.29, 0.717) is 18.2 Å². The number of carbonyl (C=O) groups excluding carboxylic acids is 1. The lowest BCUT2D eigenvalue weighted by molar-refractivity contribution is -0.131. The maximum absolute atomic E-state index is 12.6. The Labute approximate surface area is 157 Å². The zero-order valence-electron chi connectivity index (χ0n) is 15.9. The van der Waals surface area contributed by atoms with E-state index in [1.807, 2.05) is 22.0 Å². The molecular formula is C18H24N8O. The van der Waals surface area contributed by atoms with Crippen molar-refractivity contribution >= 4 is 11.7 Å². The summed E-state index contributed by atoms with van der Waals surface area (Å²) < 4.78 is 3.55. The number of aromatic nitrogens is 7. The van der Waals surface area contributed by atoms with Gasteiger partial charge in [-0.2, -0.15) is 10.1 Å². The predicted molar refractivity (Wildman–Crippen MR) is 98.1 cm³/mol. The molecule has 1 aliphatic rings. The number of likely N-dealkylation sites (tertiary alicyclic amines) is 1. The first-order chi connectivity index (χ1) is 12.9. The summed E-state index contributed by atoms with van der Waals surface area (Å²) in [6, 6.07) is 0.297. The minimum Gasteiger partial charge on any atom is -0.342 e. The summed E-state index contributed by atoms with van der Waals surface area (Å²) >= 11 is 0. The van der Waals surface area contributed by atoms with Crippen LogP contribution in [0, 0.1) is 0 Å². The molecule has 0 bridgehead atoms. The standard InChI is InChI=1S/C18H24N8O/c1-18(2,3)15-11-25(23-22-15)14-4-6-24(7-5-14)16(27)8-13-9-19-17-20-12-21-26(17)10-13/h9-12,14H,4-8H2,1-3H3. The molecule has 0 aromatic carbocycles. The average molecular weight is 368 g/mol. The van der Waals surface area contributed by atoms with Gasteiger partial charge >= 0.3 is 0 Å². The molecule has 0 atom stereocenters. The minimum absolute atomic E-state index is 0.00580. The van der Waals surface area contributed by atoms with E-state index in [0.717, 1.165) is 37.2 Å². The zero-order chi connectivity index (χ0) is 19.0. The number of hydrogen-bond donors (Lipinski definition) is 0. The fourth-order valence-corrected chi connectivity index (χ4v) is 3.31. The normalized spacial score (nSPS) is 16.2. The number of carbonyl (C=O) groups is 1. The predicted octanol–water partition coefficient (Wildman–Crippen LogP) is 1.42. The lowest BCUT2D eigenvalue weighted by Crippen LogP contribution is -2.40. The molecule has 0 unspecified atom stereocenters. The topological polar surface area (TPSA) is 94.1 Å². The Morgan fingerprint density at radius 1 is 1.19 bits per heavy atom. The summed E-state index contributed by atoms with van der Waals surface area (Å²) in [5.74, 6) is 0.651. The van der Waals surface area contributed by atoms with Gasteiger partial charge in [0.05, 0.1) is 18.2 Å². The van der Waals surface area contributed by atoms with Crippen molar-refractivity contribution in [1.82, 2.24) is 39.5 Å². The highest BCUT2D eigenvalue weighted by molar-refractivity contribution is 5.78. The third-order valence-electron chi connectivity index (χ3n) is 5.01. The maximum atomic E-state index is 12.6. The minimum atomic E-state index is -0.00580. The molecule has 4 rings (SSSR count). The Bertz CT molecular complexity index is 946. The number of hydrogen-bond acceptors (Lipinski definition) is 6. The second-order valence-corrected chi connectivity index (χ2v) is 8.09. The second-order valence-electron chi connectivity index (χ2n) is 8.09. The molecule has 0 spiro atoms. The van der Waals surface area contributed by atoms with E-state index in [-0.39, 0.29) is 11.3 Å². The summed E-state index contributed by atoms with van der Waals surface area (Å²) in [6.45, 7) is 7.86. The Morgan fingerprint density at radius 2 is 1.96 bits per heavy atom. The van der Waals surface area contributed by atoms with Crippen molar-refractivity contribution in [2.24, 2.45) is 0 Å². The van der Waals surface area contributed by atoms with Gasteiger partial charge in [0.25, 0.3) is 5.78 Å². The van der Waals surface area contributed by atoms with E-state index >= 15 is 0 Å². The van der Waals surface area contributed by atoms with Crippen molar-refractivity contribution in [3.63, 3.8) is 0 Å². The van der Waals surface area contributed by atoms with Crippen LogP contribution in [0.25, 0.3) is 5.78 Å². The van der Waals surface area contributed by atoms with Gasteiger partial charge < -0.3 is 4.90 Å². The van der Waals surface area contributed by atoms with Crippen LogP contribution in [0.4, 0.5) is 0 Å². The van der Waals surface area contributed by atoms with Gasteiger partial charge in [0.15, 0.2) is 0 Å². The SMILES string of the molecule is CC(C)(C)c1cn(C2CCN(C(=O)Cc3cnc4ncnn4c3)CC2)nn1. The van der Waals surface area contributed by atoms with Crippen LogP contribution in [0.2, 0.25) is 0 Å². The summed E-state index contributed by atoms with van der Waals surface area (Å²) in [5.41, 5.74) is 1.83. The molecule has 1 saturated heterocycles. The van der Waals surface area contributed by atoms with Gasteiger partial charge in [-0.25, -0.2) is 14.2 Å². The van der Waals surface area contributed by atoms with Gasteiger partial charge in [-0.3, -0.25) is 4.79 Å². The smallest absolute Gasteiger partial charge is 0.252 e. The van der Waals surface area contributed by atoms with E-state index in [1.54, 1.807) is 10.7 Å². The van der Waals surface area contributed by atoms with Crippen LogP contribution in [0.5, 0.6) is 0 Å². The fraction of sp³-hybridized carbons (Fsp3) is 0.556. The second kappa shape index (κ2) is 6.71. The third-order valence-corrected chi connectivity index (χ3v) is 5.01. The molecule has 4 heterocycles. The van der Waals surface area contributed by atoms with Crippen LogP contribution in [0.3, 0.4) is 0 Å². The van der Waals surface area contributed by atoms with Crippen LogP contribution < -0.4 is 0 Å². The number of piperidine rings is 1. The van der Waals surface area contributed by atoms with Crippen molar-refractivity contribution < 1.29 is 4.79 Å². The van der Waals surface area contributed by atoms with Gasteiger partial charge in [-0.05, 0) is 18.4 Å². The van der Waals surface area contributed by atoms with E-state index < -0.39 is 0 Å². The van der Waals surface area contributed by atoms with Gasteiger partial charge in [0.2, 0.25) is 5.91 Å². The highest BCUT2D eigenvalue weighted by atomic mass is 16.2. The molecular weight excluding hydrogens is 344 g/mol. The fourth-order valence-electron chi connectivity index (χ4n) is 3.31. The van der Waals surface area contributed by atoms with Crippen LogP contribution >= 0.6 is 0 Å². The molecule has 27 heavy (non-hydrogen) atoms. The molecule has 1 amide bonds. The van der Waals surface area contributed by atoms with Gasteiger partial charge in [0, 0.05) is 37.1 Å². The molecule has 1 aliphatic heterocycles. The Balaban J connectivity index is 1.35. The average Bonchev–Trinajstić information content (AvgIpc) is 3.30. The third kappa shape index (κ3) is 3.67. The summed E-state index contributed by atoms with van der Waals surface area (Å²) in [6.07, 6.45) is 9.10. The van der Waals surface area contributed by atoms with E-state index in [9.17, 15) is 4.79 Å². The Hall–Kier alpha value is -2.84. The van der Waals surface area contributed by atoms with Crippen molar-refractivity contribution in [1.29, 1.82) is 0 Å². The van der Waals surface area contributed by atoms with Crippen LogP contribution in [0.1, 0.15) is 50.9 Å². The van der Waals surface area contributed by atoms with Gasteiger partial charge in [-0.1, -0.05) is 26.0 Å². The van der Waals surface area contributed by atoms with E-state index in [1.165, 1.54) is 6.33 Å². The largest absolute Gasteiger partial charge is 0.342 e. The molecule has 9 nitrogen and oxygen atoms in total. The number of fused-ring (bicyclic) bond motifs is 1. The maximum Gasteiger partial charge on any atom is 0.252 e. The van der Waals surface area contributed by atoms with E-state index in [2.05, 4.69) is 46.1 Å². The molecule has 0 N–H and O–H groups in total. The summed E-state index contributed by atoms with van der Waals surface area (Å²) in [5, 5.41) is 12.7. The first-order valence-corrected chi connectivity index (χ1v) is 9.24. The van der Waals surface area contributed by atoms with Crippen molar-refractivity contribution in [3.05, 3.63) is 36.2 Å². The van der Waals surface area contributed by atoms with Gasteiger partial charge in [-0.15, -0.1) is 5.10 Å². The molecule has 0 radical (unpaired) electrons. The van der Waals surface area contributed by atoms with Crippen LogP contribution in [0.15, 0.2) is 24.9 Å². The molecule has 1 fully saturated rings. The van der Waals surface area contributed by atoms with Crippen LogP contribution in [-0.2, 0) is 16.6 Å². The quantitative estimate of drug-likeness (QED) is 0.694. The number of amides is 1. The van der Waals surface area contributed by atoms with Gasteiger partial charge in [0.1, 0.15) is 6.33 Å². The van der Waals surface area contributed by atoms with E-state index in [4.69, 9.17) is 0 Å². The van der Waals surface area contributed by atoms with Crippen molar-refractivity contribution in [2.45, 2.75) is 51.5 Å². The van der Waals surface area contributed by atoms with Crippen LogP contribution in [-0.4, -0.2) is 58.5 Å².